The summed E-state index contributed by atoms with van der Waals surface area (Å²) < 4.78 is 14.1. The Morgan fingerprint density at radius 1 is 1.12 bits per heavy atom. The zero-order valence-corrected chi connectivity index (χ0v) is 12.9. The third-order valence-electron chi connectivity index (χ3n) is 3.18. The third kappa shape index (κ3) is 3.26. The molecule has 0 spiro atoms. The van der Waals surface area contributed by atoms with Crippen LogP contribution in [0.3, 0.4) is 0 Å². The van der Waals surface area contributed by atoms with Crippen LogP contribution >= 0.6 is 11.3 Å². The van der Waals surface area contributed by atoms with Gasteiger partial charge in [-0.05, 0) is 12.1 Å². The monoisotopic (exact) mass is 362 g/mol. The van der Waals surface area contributed by atoms with Crippen LogP contribution in [0, 0.1) is 26.0 Å². The number of hydrogen-bond acceptors (Lipinski definition) is 7. The second-order valence-corrected chi connectivity index (χ2v) is 5.84. The number of amides is 1. The Morgan fingerprint density at radius 2 is 1.76 bits per heavy atom. The molecule has 0 aliphatic rings. The highest BCUT2D eigenvalue weighted by molar-refractivity contribution is 7.22. The van der Waals surface area contributed by atoms with Crippen molar-refractivity contribution in [1.29, 1.82) is 0 Å². The van der Waals surface area contributed by atoms with Gasteiger partial charge in [0.05, 0.1) is 26.2 Å². The van der Waals surface area contributed by atoms with E-state index < -0.39 is 32.9 Å². The van der Waals surface area contributed by atoms with Gasteiger partial charge in [-0.2, -0.15) is 0 Å². The lowest BCUT2D eigenvalue weighted by Crippen LogP contribution is -2.12. The highest BCUT2D eigenvalue weighted by Crippen LogP contribution is 2.28. The number of carbonyl (C=O) groups is 1. The lowest BCUT2D eigenvalue weighted by atomic mass is 10.1. The number of thiazole rings is 1. The maximum atomic E-state index is 13.6. The molecular weight excluding hydrogens is 355 g/mol. The summed E-state index contributed by atoms with van der Waals surface area (Å²) in [5.41, 5.74) is -1.38. The number of nitro benzene ring substituents is 2. The minimum absolute atomic E-state index is 0.0688. The molecule has 1 aromatic heterocycles. The number of para-hydroxylation sites is 1. The molecule has 0 unspecified atom stereocenters. The first-order valence-corrected chi connectivity index (χ1v) is 7.47. The Labute approximate surface area is 142 Å². The maximum absolute atomic E-state index is 13.6. The van der Waals surface area contributed by atoms with Gasteiger partial charge in [0.15, 0.2) is 5.13 Å². The second kappa shape index (κ2) is 6.20. The molecule has 1 N–H and O–H groups in total. The van der Waals surface area contributed by atoms with Crippen molar-refractivity contribution < 1.29 is 19.0 Å². The van der Waals surface area contributed by atoms with Crippen LogP contribution in [-0.4, -0.2) is 20.7 Å². The average molecular weight is 362 g/mol. The largest absolute Gasteiger partial charge is 0.298 e. The van der Waals surface area contributed by atoms with Crippen LogP contribution in [0.2, 0.25) is 0 Å². The van der Waals surface area contributed by atoms with Crippen LogP contribution < -0.4 is 5.32 Å². The van der Waals surface area contributed by atoms with Crippen LogP contribution in [0.15, 0.2) is 36.4 Å². The molecule has 0 atom stereocenters. The SMILES string of the molecule is O=C(Nc1nc2c(F)cccc2s1)c1cc([N+](=O)[O-])cc([N+](=O)[O-])c1. The fourth-order valence-electron chi connectivity index (χ4n) is 2.07. The molecule has 1 heterocycles. The van der Waals surface area contributed by atoms with Crippen molar-refractivity contribution >= 4 is 44.0 Å². The van der Waals surface area contributed by atoms with Gasteiger partial charge >= 0.3 is 0 Å². The first-order chi connectivity index (χ1) is 11.8. The number of benzene rings is 2. The van der Waals surface area contributed by atoms with E-state index in [2.05, 4.69) is 10.3 Å². The molecule has 0 saturated heterocycles. The lowest BCUT2D eigenvalue weighted by Gasteiger charge is -2.02. The van der Waals surface area contributed by atoms with E-state index in [1.54, 1.807) is 6.07 Å². The molecule has 0 fully saturated rings. The minimum atomic E-state index is -0.836. The molecule has 2 aromatic carbocycles. The molecule has 3 aromatic rings. The van der Waals surface area contributed by atoms with Gasteiger partial charge in [0.25, 0.3) is 17.3 Å². The van der Waals surface area contributed by atoms with Crippen LogP contribution in [0.25, 0.3) is 10.2 Å². The maximum Gasteiger partial charge on any atom is 0.277 e. The number of aromatic nitrogens is 1. The second-order valence-electron chi connectivity index (χ2n) is 4.81. The minimum Gasteiger partial charge on any atom is -0.298 e. The summed E-state index contributed by atoms with van der Waals surface area (Å²) >= 11 is 1.00. The van der Waals surface area contributed by atoms with Crippen molar-refractivity contribution in [2.45, 2.75) is 0 Å². The van der Waals surface area contributed by atoms with Crippen LogP contribution in [0.1, 0.15) is 10.4 Å². The summed E-state index contributed by atoms with van der Waals surface area (Å²) in [5.74, 6) is -1.38. The lowest BCUT2D eigenvalue weighted by molar-refractivity contribution is -0.394. The van der Waals surface area contributed by atoms with Crippen molar-refractivity contribution in [2.24, 2.45) is 0 Å². The standard InChI is InChI=1S/C14H7FN4O5S/c15-10-2-1-3-11-12(10)16-14(25-11)17-13(20)7-4-8(18(21)22)6-9(5-7)19(23)24/h1-6H,(H,16,17,20). The van der Waals surface area contributed by atoms with Crippen molar-refractivity contribution in [1.82, 2.24) is 4.98 Å². The molecule has 1 amide bonds. The van der Waals surface area contributed by atoms with E-state index in [1.165, 1.54) is 12.1 Å². The van der Waals surface area contributed by atoms with E-state index >= 15 is 0 Å². The molecular formula is C14H7FN4O5S. The van der Waals surface area contributed by atoms with Crippen LogP contribution in [0.5, 0.6) is 0 Å². The predicted molar refractivity (Wildman–Crippen MR) is 87.3 cm³/mol. The zero-order valence-electron chi connectivity index (χ0n) is 12.1. The third-order valence-corrected chi connectivity index (χ3v) is 4.11. The van der Waals surface area contributed by atoms with E-state index in [9.17, 15) is 29.4 Å². The topological polar surface area (TPSA) is 128 Å². The Hall–Kier alpha value is -3.47. The Balaban J connectivity index is 1.95. The van der Waals surface area contributed by atoms with Crippen molar-refractivity contribution in [3.8, 4) is 0 Å². The van der Waals surface area contributed by atoms with Gasteiger partial charge in [0, 0.05) is 12.1 Å². The number of nitro groups is 2. The van der Waals surface area contributed by atoms with Gasteiger partial charge in [-0.1, -0.05) is 17.4 Å². The normalized spacial score (nSPS) is 10.6. The molecule has 3 rings (SSSR count). The zero-order chi connectivity index (χ0) is 18.1. The van der Waals surface area contributed by atoms with E-state index in [1.807, 2.05) is 0 Å². The predicted octanol–water partition coefficient (Wildman–Crippen LogP) is 3.50. The molecule has 0 radical (unpaired) electrons. The van der Waals surface area contributed by atoms with E-state index in [4.69, 9.17) is 0 Å². The molecule has 126 valence electrons. The number of halogens is 1. The summed E-state index contributed by atoms with van der Waals surface area (Å²) in [6.07, 6.45) is 0. The van der Waals surface area contributed by atoms with Crippen molar-refractivity contribution in [2.75, 3.05) is 5.32 Å². The molecule has 11 heteroatoms. The summed E-state index contributed by atoms with van der Waals surface area (Å²) in [4.78, 5) is 36.2. The fourth-order valence-corrected chi connectivity index (χ4v) is 2.95. The first kappa shape index (κ1) is 16.4. The molecule has 0 aliphatic carbocycles. The molecule has 9 nitrogen and oxygen atoms in total. The van der Waals surface area contributed by atoms with Gasteiger partial charge < -0.3 is 0 Å². The number of fused-ring (bicyclic) bond motifs is 1. The first-order valence-electron chi connectivity index (χ1n) is 6.65. The van der Waals surface area contributed by atoms with E-state index in [0.717, 1.165) is 29.5 Å². The number of non-ortho nitro benzene ring substituents is 2. The molecule has 25 heavy (non-hydrogen) atoms. The number of nitrogens with one attached hydrogen (secondary N) is 1. The van der Waals surface area contributed by atoms with Gasteiger partial charge in [0.1, 0.15) is 11.3 Å². The molecule has 0 saturated carbocycles. The van der Waals surface area contributed by atoms with Crippen LogP contribution in [-0.2, 0) is 0 Å². The highest BCUT2D eigenvalue weighted by Gasteiger charge is 2.20. The Kier molecular flexibility index (Phi) is 4.07. The van der Waals surface area contributed by atoms with Crippen molar-refractivity contribution in [3.63, 3.8) is 0 Å². The van der Waals surface area contributed by atoms with E-state index in [-0.39, 0.29) is 16.2 Å². The Bertz CT molecular complexity index is 1000. The van der Waals surface area contributed by atoms with Crippen LogP contribution in [0.4, 0.5) is 20.9 Å². The average Bonchev–Trinajstić information content (AvgIpc) is 2.98. The quantitative estimate of drug-likeness (QED) is 0.559. The number of anilines is 1. The summed E-state index contributed by atoms with van der Waals surface area (Å²) in [5, 5.41) is 24.2. The molecule has 0 bridgehead atoms. The summed E-state index contributed by atoms with van der Waals surface area (Å²) in [6, 6.07) is 6.91. The number of rotatable bonds is 4. The van der Waals surface area contributed by atoms with E-state index in [0.29, 0.717) is 4.70 Å². The molecule has 0 aliphatic heterocycles. The number of carbonyl (C=O) groups excluding carboxylic acids is 1. The Morgan fingerprint density at radius 3 is 2.32 bits per heavy atom. The van der Waals surface area contributed by atoms with Gasteiger partial charge in [-0.25, -0.2) is 9.37 Å². The van der Waals surface area contributed by atoms with Gasteiger partial charge in [-0.3, -0.25) is 30.3 Å². The summed E-state index contributed by atoms with van der Waals surface area (Å²) in [7, 11) is 0. The highest BCUT2D eigenvalue weighted by atomic mass is 32.1. The fraction of sp³-hybridized carbons (Fsp3) is 0. The van der Waals surface area contributed by atoms with Crippen molar-refractivity contribution in [3.05, 3.63) is 68.0 Å². The smallest absolute Gasteiger partial charge is 0.277 e. The number of nitrogens with zero attached hydrogens (tertiary/aromatic N) is 3. The number of hydrogen-bond donors (Lipinski definition) is 1. The summed E-state index contributed by atoms with van der Waals surface area (Å²) in [6.45, 7) is 0. The van der Waals surface area contributed by atoms with Gasteiger partial charge in [-0.15, -0.1) is 0 Å². The van der Waals surface area contributed by atoms with Gasteiger partial charge in [0.2, 0.25) is 0 Å².